The summed E-state index contributed by atoms with van der Waals surface area (Å²) in [6, 6.07) is 7.28. The van der Waals surface area contributed by atoms with E-state index >= 15 is 0 Å². The number of benzene rings is 1. The highest BCUT2D eigenvalue weighted by molar-refractivity contribution is 5.24. The van der Waals surface area contributed by atoms with Crippen LogP contribution in [0.2, 0.25) is 0 Å². The van der Waals surface area contributed by atoms with E-state index in [2.05, 4.69) is 12.2 Å². The Bertz CT molecular complexity index is 392. The van der Waals surface area contributed by atoms with Gasteiger partial charge in [0, 0.05) is 18.2 Å². The van der Waals surface area contributed by atoms with Gasteiger partial charge in [0.2, 0.25) is 0 Å². The molecule has 1 fully saturated rings. The van der Waals surface area contributed by atoms with Gasteiger partial charge in [-0.3, -0.25) is 0 Å². The van der Waals surface area contributed by atoms with Crippen LogP contribution in [0.5, 0.6) is 0 Å². The Hall–Kier alpha value is -0.960. The molecule has 0 bridgehead atoms. The van der Waals surface area contributed by atoms with Crippen molar-refractivity contribution in [1.29, 1.82) is 0 Å². The second kappa shape index (κ2) is 6.99. The van der Waals surface area contributed by atoms with E-state index in [9.17, 15) is 8.78 Å². The molecule has 106 valence electrons. The molecule has 3 heteroatoms. The summed E-state index contributed by atoms with van der Waals surface area (Å²) < 4.78 is 25.2. The van der Waals surface area contributed by atoms with Crippen LogP contribution in [0.25, 0.3) is 0 Å². The first-order valence-corrected chi connectivity index (χ1v) is 7.29. The topological polar surface area (TPSA) is 12.0 Å². The van der Waals surface area contributed by atoms with Crippen LogP contribution in [0.1, 0.15) is 56.6 Å². The number of hydrogen-bond donors (Lipinski definition) is 1. The molecular formula is C16H23F2N. The number of alkyl halides is 2. The van der Waals surface area contributed by atoms with E-state index < -0.39 is 6.43 Å². The zero-order valence-electron chi connectivity index (χ0n) is 11.5. The van der Waals surface area contributed by atoms with Crippen molar-refractivity contribution in [3.63, 3.8) is 0 Å². The Morgan fingerprint density at radius 1 is 1.32 bits per heavy atom. The summed E-state index contributed by atoms with van der Waals surface area (Å²) in [5, 5.41) is 3.52. The van der Waals surface area contributed by atoms with Gasteiger partial charge in [0.15, 0.2) is 0 Å². The van der Waals surface area contributed by atoms with Crippen LogP contribution in [-0.2, 0) is 6.54 Å². The van der Waals surface area contributed by atoms with Gasteiger partial charge in [0.1, 0.15) is 0 Å². The van der Waals surface area contributed by atoms with Crippen LogP contribution in [0.3, 0.4) is 0 Å². The third kappa shape index (κ3) is 4.27. The molecule has 0 saturated heterocycles. The van der Waals surface area contributed by atoms with Crippen LogP contribution in [0, 0.1) is 5.92 Å². The van der Waals surface area contributed by atoms with Crippen molar-refractivity contribution in [3.05, 3.63) is 35.4 Å². The van der Waals surface area contributed by atoms with Crippen molar-refractivity contribution in [2.45, 2.75) is 58.0 Å². The molecule has 2 rings (SSSR count). The van der Waals surface area contributed by atoms with Crippen molar-refractivity contribution in [2.24, 2.45) is 5.92 Å². The minimum Gasteiger partial charge on any atom is -0.310 e. The van der Waals surface area contributed by atoms with Gasteiger partial charge in [-0.2, -0.15) is 0 Å². The van der Waals surface area contributed by atoms with E-state index in [1.54, 1.807) is 12.1 Å². The predicted molar refractivity (Wildman–Crippen MR) is 74.3 cm³/mol. The van der Waals surface area contributed by atoms with Crippen molar-refractivity contribution in [2.75, 3.05) is 0 Å². The highest BCUT2D eigenvalue weighted by Gasteiger charge is 2.20. The fourth-order valence-corrected chi connectivity index (χ4v) is 2.95. The van der Waals surface area contributed by atoms with Crippen LogP contribution in [0.15, 0.2) is 24.3 Å². The predicted octanol–water partition coefficient (Wildman–Crippen LogP) is 4.68. The highest BCUT2D eigenvalue weighted by atomic mass is 19.3. The molecule has 0 heterocycles. The molecule has 1 aromatic rings. The summed E-state index contributed by atoms with van der Waals surface area (Å²) in [5.74, 6) is 0.832. The number of nitrogens with one attached hydrogen (secondary N) is 1. The minimum atomic E-state index is -2.38. The molecule has 19 heavy (non-hydrogen) atoms. The summed E-state index contributed by atoms with van der Waals surface area (Å²) in [6.45, 7) is 2.95. The zero-order chi connectivity index (χ0) is 13.7. The van der Waals surface area contributed by atoms with E-state index in [0.29, 0.717) is 12.6 Å². The van der Waals surface area contributed by atoms with Gasteiger partial charge in [-0.25, -0.2) is 8.78 Å². The maximum atomic E-state index is 12.6. The highest BCUT2D eigenvalue weighted by Crippen LogP contribution is 2.27. The second-order valence-electron chi connectivity index (χ2n) is 5.56. The summed E-state index contributed by atoms with van der Waals surface area (Å²) in [6.07, 6.45) is 3.94. The maximum Gasteiger partial charge on any atom is 0.263 e. The molecule has 1 nitrogen and oxygen atoms in total. The van der Waals surface area contributed by atoms with E-state index in [0.717, 1.165) is 11.5 Å². The normalized spacial score (nSPS) is 23.8. The Labute approximate surface area is 114 Å². The first-order chi connectivity index (χ1) is 9.19. The lowest BCUT2D eigenvalue weighted by Gasteiger charge is -2.29. The van der Waals surface area contributed by atoms with Crippen molar-refractivity contribution in [1.82, 2.24) is 5.32 Å². The maximum absolute atomic E-state index is 12.6. The molecule has 2 atom stereocenters. The van der Waals surface area contributed by atoms with Gasteiger partial charge in [-0.15, -0.1) is 0 Å². The third-order valence-electron chi connectivity index (χ3n) is 4.16. The van der Waals surface area contributed by atoms with Crippen LogP contribution >= 0.6 is 0 Å². The van der Waals surface area contributed by atoms with E-state index in [1.165, 1.54) is 38.2 Å². The fourth-order valence-electron chi connectivity index (χ4n) is 2.95. The molecule has 0 radical (unpaired) electrons. The van der Waals surface area contributed by atoms with Crippen molar-refractivity contribution < 1.29 is 8.78 Å². The molecule has 1 aliphatic rings. The van der Waals surface area contributed by atoms with Gasteiger partial charge in [-0.05, 0) is 30.4 Å². The molecule has 0 aliphatic heterocycles. The molecule has 0 amide bonds. The zero-order valence-corrected chi connectivity index (χ0v) is 11.5. The molecule has 1 saturated carbocycles. The molecule has 1 aromatic carbocycles. The summed E-state index contributed by atoms with van der Waals surface area (Å²) in [4.78, 5) is 0. The Balaban J connectivity index is 1.86. The van der Waals surface area contributed by atoms with Crippen molar-refractivity contribution >= 4 is 0 Å². The van der Waals surface area contributed by atoms with E-state index in [4.69, 9.17) is 0 Å². The number of hydrogen-bond acceptors (Lipinski definition) is 1. The lowest BCUT2D eigenvalue weighted by molar-refractivity contribution is 0.151. The van der Waals surface area contributed by atoms with Crippen LogP contribution in [0.4, 0.5) is 8.78 Å². The minimum absolute atomic E-state index is 0.120. The Kier molecular flexibility index (Phi) is 5.32. The standard InChI is InChI=1S/C16H23F2N/c1-2-12-5-4-8-15(10-12)19-11-13-6-3-7-14(9-13)16(17)18/h3,6-7,9,12,15-16,19H,2,4-5,8,10-11H2,1H3. The van der Waals surface area contributed by atoms with E-state index in [1.807, 2.05) is 6.07 Å². The van der Waals surface area contributed by atoms with E-state index in [-0.39, 0.29) is 5.56 Å². The van der Waals surface area contributed by atoms with Gasteiger partial charge < -0.3 is 5.32 Å². The van der Waals surface area contributed by atoms with Crippen LogP contribution in [-0.4, -0.2) is 6.04 Å². The summed E-state index contributed by atoms with van der Waals surface area (Å²) >= 11 is 0. The lowest BCUT2D eigenvalue weighted by atomic mass is 9.84. The first-order valence-electron chi connectivity index (χ1n) is 7.29. The summed E-state index contributed by atoms with van der Waals surface area (Å²) in [7, 11) is 0. The average Bonchev–Trinajstić information content (AvgIpc) is 2.45. The van der Waals surface area contributed by atoms with Crippen LogP contribution < -0.4 is 5.32 Å². The molecule has 1 N–H and O–H groups in total. The molecule has 0 aromatic heterocycles. The smallest absolute Gasteiger partial charge is 0.263 e. The number of rotatable bonds is 5. The lowest BCUT2D eigenvalue weighted by Crippen LogP contribution is -2.33. The van der Waals surface area contributed by atoms with Gasteiger partial charge >= 0.3 is 0 Å². The van der Waals surface area contributed by atoms with Gasteiger partial charge in [0.05, 0.1) is 0 Å². The first kappa shape index (κ1) is 14.4. The number of halogens is 2. The summed E-state index contributed by atoms with van der Waals surface area (Å²) in [5.41, 5.74) is 1.07. The van der Waals surface area contributed by atoms with Gasteiger partial charge in [0.25, 0.3) is 6.43 Å². The monoisotopic (exact) mass is 267 g/mol. The van der Waals surface area contributed by atoms with Crippen molar-refractivity contribution in [3.8, 4) is 0 Å². The average molecular weight is 267 g/mol. The Morgan fingerprint density at radius 3 is 2.89 bits per heavy atom. The molecular weight excluding hydrogens is 244 g/mol. The fraction of sp³-hybridized carbons (Fsp3) is 0.625. The largest absolute Gasteiger partial charge is 0.310 e. The third-order valence-corrected chi connectivity index (χ3v) is 4.16. The SMILES string of the molecule is CCC1CCCC(NCc2cccc(C(F)F)c2)C1. The Morgan fingerprint density at radius 2 is 2.16 bits per heavy atom. The molecule has 0 spiro atoms. The molecule has 2 unspecified atom stereocenters. The van der Waals surface area contributed by atoms with Gasteiger partial charge in [-0.1, -0.05) is 44.4 Å². The molecule has 1 aliphatic carbocycles. The second-order valence-corrected chi connectivity index (χ2v) is 5.56. The quantitative estimate of drug-likeness (QED) is 0.816.